The van der Waals surface area contributed by atoms with Crippen molar-refractivity contribution in [1.82, 2.24) is 4.90 Å². The van der Waals surface area contributed by atoms with Crippen molar-refractivity contribution in [3.05, 3.63) is 24.3 Å². The number of hydrogen-bond acceptors (Lipinski definition) is 5. The van der Waals surface area contributed by atoms with Crippen molar-refractivity contribution in [3.8, 4) is 0 Å². The van der Waals surface area contributed by atoms with E-state index in [1.807, 2.05) is 45.0 Å². The van der Waals surface area contributed by atoms with E-state index in [4.69, 9.17) is 9.47 Å². The lowest BCUT2D eigenvalue weighted by atomic mass is 10.2. The third kappa shape index (κ3) is 4.15. The molecule has 0 bridgehead atoms. The van der Waals surface area contributed by atoms with Gasteiger partial charge in [-0.3, -0.25) is 4.90 Å². The Hall–Kier alpha value is -2.44. The molecular weight excluding hydrogens is 322 g/mol. The van der Waals surface area contributed by atoms with Crippen LogP contribution in [0.3, 0.4) is 0 Å². The molecule has 1 aromatic rings. The molecule has 0 N–H and O–H groups in total. The van der Waals surface area contributed by atoms with Gasteiger partial charge in [-0.05, 0) is 45.0 Å². The Morgan fingerprint density at radius 2 is 1.60 bits per heavy atom. The van der Waals surface area contributed by atoms with Gasteiger partial charge in [0.2, 0.25) is 0 Å². The fraction of sp³-hybridized carbons (Fsp3) is 0.556. The molecule has 2 fully saturated rings. The summed E-state index contributed by atoms with van der Waals surface area (Å²) in [6.45, 7) is 9.43. The Morgan fingerprint density at radius 3 is 2.12 bits per heavy atom. The summed E-state index contributed by atoms with van der Waals surface area (Å²) >= 11 is 0. The second kappa shape index (κ2) is 6.82. The maximum Gasteiger partial charge on any atom is 0.414 e. The zero-order chi connectivity index (χ0) is 18.0. The number of amides is 2. The lowest BCUT2D eigenvalue weighted by molar-refractivity contribution is 0.0240. The lowest BCUT2D eigenvalue weighted by Crippen LogP contribution is -2.50. The number of piperazine rings is 1. The Kier molecular flexibility index (Phi) is 4.74. The Labute approximate surface area is 148 Å². The fourth-order valence-electron chi connectivity index (χ4n) is 2.95. The maximum absolute atomic E-state index is 12.1. The molecule has 2 saturated heterocycles. The molecule has 136 valence electrons. The number of hydrogen-bond donors (Lipinski definition) is 0. The molecule has 2 heterocycles. The summed E-state index contributed by atoms with van der Waals surface area (Å²) in [6, 6.07) is 7.87. The highest BCUT2D eigenvalue weighted by Gasteiger charge is 2.27. The van der Waals surface area contributed by atoms with E-state index in [0.29, 0.717) is 26.2 Å². The lowest BCUT2D eigenvalue weighted by Gasteiger charge is -2.36. The summed E-state index contributed by atoms with van der Waals surface area (Å²) in [4.78, 5) is 29.3. The van der Waals surface area contributed by atoms with Crippen LogP contribution in [0.1, 0.15) is 20.8 Å². The zero-order valence-electron chi connectivity index (χ0n) is 15.0. The smallest absolute Gasteiger partial charge is 0.414 e. The molecule has 2 aliphatic heterocycles. The first-order valence-corrected chi connectivity index (χ1v) is 8.61. The number of carbonyl (C=O) groups is 2. The van der Waals surface area contributed by atoms with Crippen LogP contribution >= 0.6 is 0 Å². The van der Waals surface area contributed by atoms with Crippen LogP contribution in [0.2, 0.25) is 0 Å². The second-order valence-corrected chi connectivity index (χ2v) is 7.24. The van der Waals surface area contributed by atoms with Crippen LogP contribution in [0.4, 0.5) is 21.0 Å². The number of carbonyl (C=O) groups excluding carboxylic acids is 2. The van der Waals surface area contributed by atoms with Gasteiger partial charge in [-0.2, -0.15) is 0 Å². The Balaban J connectivity index is 1.56. The fourth-order valence-corrected chi connectivity index (χ4v) is 2.95. The Morgan fingerprint density at radius 1 is 1.00 bits per heavy atom. The van der Waals surface area contributed by atoms with E-state index in [2.05, 4.69) is 4.90 Å². The number of cyclic esters (lactones) is 1. The first kappa shape index (κ1) is 17.4. The van der Waals surface area contributed by atoms with Crippen LogP contribution in [0, 0.1) is 0 Å². The van der Waals surface area contributed by atoms with Gasteiger partial charge in [-0.1, -0.05) is 0 Å². The third-order valence-corrected chi connectivity index (χ3v) is 4.22. The molecule has 3 rings (SSSR count). The minimum absolute atomic E-state index is 0.255. The van der Waals surface area contributed by atoms with Gasteiger partial charge < -0.3 is 19.3 Å². The van der Waals surface area contributed by atoms with Gasteiger partial charge >= 0.3 is 12.2 Å². The number of benzene rings is 1. The van der Waals surface area contributed by atoms with Crippen molar-refractivity contribution >= 4 is 23.6 Å². The molecule has 2 aliphatic rings. The molecule has 0 saturated carbocycles. The summed E-state index contributed by atoms with van der Waals surface area (Å²) in [5.41, 5.74) is 1.46. The maximum atomic E-state index is 12.1. The van der Waals surface area contributed by atoms with Crippen molar-refractivity contribution in [1.29, 1.82) is 0 Å². The number of ether oxygens (including phenoxy) is 2. The summed E-state index contributed by atoms with van der Waals surface area (Å²) < 4.78 is 10.4. The molecule has 0 aliphatic carbocycles. The topological polar surface area (TPSA) is 62.3 Å². The molecule has 0 aromatic heterocycles. The molecule has 0 unspecified atom stereocenters. The van der Waals surface area contributed by atoms with E-state index >= 15 is 0 Å². The van der Waals surface area contributed by atoms with E-state index in [9.17, 15) is 9.59 Å². The average molecular weight is 347 g/mol. The molecule has 7 heteroatoms. The average Bonchev–Trinajstić information content (AvgIpc) is 3.00. The van der Waals surface area contributed by atoms with E-state index in [1.165, 1.54) is 0 Å². The summed E-state index contributed by atoms with van der Waals surface area (Å²) in [7, 11) is 0. The number of nitrogens with zero attached hydrogens (tertiary/aromatic N) is 3. The standard InChI is InChI=1S/C18H25N3O4/c1-18(2,3)25-16(22)20-10-8-19(9-11-20)14-4-6-15(7-5-14)21-12-13-24-17(21)23/h4-7H,8-13H2,1-3H3. The van der Waals surface area contributed by atoms with Crippen molar-refractivity contribution in [2.45, 2.75) is 26.4 Å². The van der Waals surface area contributed by atoms with E-state index in [1.54, 1.807) is 9.80 Å². The monoisotopic (exact) mass is 347 g/mol. The molecule has 7 nitrogen and oxygen atoms in total. The van der Waals surface area contributed by atoms with Crippen molar-refractivity contribution < 1.29 is 19.1 Å². The highest BCUT2D eigenvalue weighted by molar-refractivity contribution is 5.89. The SMILES string of the molecule is CC(C)(C)OC(=O)N1CCN(c2ccc(N3CCOC3=O)cc2)CC1. The first-order valence-electron chi connectivity index (χ1n) is 8.61. The highest BCUT2D eigenvalue weighted by Crippen LogP contribution is 2.24. The Bertz CT molecular complexity index is 631. The van der Waals surface area contributed by atoms with Gasteiger partial charge in [0.15, 0.2) is 0 Å². The van der Waals surface area contributed by atoms with Gasteiger partial charge in [-0.15, -0.1) is 0 Å². The molecule has 0 atom stereocenters. The van der Waals surface area contributed by atoms with Crippen LogP contribution in [0.25, 0.3) is 0 Å². The van der Waals surface area contributed by atoms with Crippen LogP contribution in [0.15, 0.2) is 24.3 Å². The number of rotatable bonds is 2. The molecule has 25 heavy (non-hydrogen) atoms. The first-order chi connectivity index (χ1) is 11.8. The highest BCUT2D eigenvalue weighted by atomic mass is 16.6. The zero-order valence-corrected chi connectivity index (χ0v) is 15.0. The third-order valence-electron chi connectivity index (χ3n) is 4.22. The molecule has 0 radical (unpaired) electrons. The number of anilines is 2. The summed E-state index contributed by atoms with van der Waals surface area (Å²) in [6.07, 6.45) is -0.547. The minimum atomic E-state index is -0.471. The largest absolute Gasteiger partial charge is 0.447 e. The van der Waals surface area contributed by atoms with Crippen LogP contribution in [0.5, 0.6) is 0 Å². The van der Waals surface area contributed by atoms with Crippen LogP contribution in [-0.4, -0.2) is 62.0 Å². The second-order valence-electron chi connectivity index (χ2n) is 7.24. The van der Waals surface area contributed by atoms with Crippen LogP contribution < -0.4 is 9.80 Å². The van der Waals surface area contributed by atoms with Gasteiger partial charge in [-0.25, -0.2) is 9.59 Å². The van der Waals surface area contributed by atoms with E-state index in [-0.39, 0.29) is 12.2 Å². The molecule has 0 spiro atoms. The van der Waals surface area contributed by atoms with Gasteiger partial charge in [0.1, 0.15) is 12.2 Å². The van der Waals surface area contributed by atoms with Crippen molar-refractivity contribution in [3.63, 3.8) is 0 Å². The van der Waals surface area contributed by atoms with Crippen LogP contribution in [-0.2, 0) is 9.47 Å². The molecule has 2 amide bonds. The van der Waals surface area contributed by atoms with E-state index < -0.39 is 5.60 Å². The quantitative estimate of drug-likeness (QED) is 0.823. The van der Waals surface area contributed by atoms with E-state index in [0.717, 1.165) is 24.5 Å². The van der Waals surface area contributed by atoms with Crippen molar-refractivity contribution in [2.75, 3.05) is 49.1 Å². The van der Waals surface area contributed by atoms with Gasteiger partial charge in [0, 0.05) is 37.6 Å². The molecular formula is C18H25N3O4. The van der Waals surface area contributed by atoms with Crippen molar-refractivity contribution in [2.24, 2.45) is 0 Å². The summed E-state index contributed by atoms with van der Waals surface area (Å²) in [5.74, 6) is 0. The van der Waals surface area contributed by atoms with Gasteiger partial charge in [0.05, 0.1) is 6.54 Å². The normalized spacial score (nSPS) is 18.4. The van der Waals surface area contributed by atoms with Gasteiger partial charge in [0.25, 0.3) is 0 Å². The molecule has 1 aromatic carbocycles. The predicted molar refractivity (Wildman–Crippen MR) is 95.2 cm³/mol. The predicted octanol–water partition coefficient (Wildman–Crippen LogP) is 2.70. The minimum Gasteiger partial charge on any atom is -0.447 e. The summed E-state index contributed by atoms with van der Waals surface area (Å²) in [5, 5.41) is 0.